The molecule has 0 aliphatic carbocycles. The van der Waals surface area contributed by atoms with Crippen molar-refractivity contribution in [1.82, 2.24) is 0 Å². The fourth-order valence-corrected chi connectivity index (χ4v) is 9.07. The second-order valence-electron chi connectivity index (χ2n) is 11.4. The molecule has 0 aliphatic rings. The van der Waals surface area contributed by atoms with Crippen LogP contribution in [0.5, 0.6) is 0 Å². The minimum Gasteiger partial charge on any atom is 4.00 e. The van der Waals surface area contributed by atoms with E-state index in [1.165, 1.54) is 38.5 Å². The third-order valence-electron chi connectivity index (χ3n) is 7.44. The third-order valence-corrected chi connectivity index (χ3v) is 15.3. The second kappa shape index (κ2) is 25.9. The monoisotopic (exact) mass is 819 g/mol. The summed E-state index contributed by atoms with van der Waals surface area (Å²) in [6.45, 7) is 26.1. The van der Waals surface area contributed by atoms with Crippen LogP contribution in [-0.4, -0.2) is 64.5 Å². The van der Waals surface area contributed by atoms with E-state index >= 15 is 0 Å². The van der Waals surface area contributed by atoms with E-state index in [1.807, 2.05) is 0 Å². The quantitative estimate of drug-likeness (QED) is 0.108. The summed E-state index contributed by atoms with van der Waals surface area (Å²) in [6, 6.07) is 5.24. The first-order chi connectivity index (χ1) is 20.5. The summed E-state index contributed by atoms with van der Waals surface area (Å²) in [7, 11) is 0. The smallest absolute Gasteiger partial charge is 4.00 e. The maximum Gasteiger partial charge on any atom is 4.00 e. The normalized spacial score (nSPS) is 16.0. The summed E-state index contributed by atoms with van der Waals surface area (Å²) in [5, 5.41) is -5.53. The zero-order valence-electron chi connectivity index (χ0n) is 29.8. The summed E-state index contributed by atoms with van der Waals surface area (Å²) in [4.78, 5) is 0. The standard InChI is InChI=1S/C8H4F9Ge.3C8H18N.Zr/c9-6(10,11)18(7(12,13)14,8(15,16)17)5-3-1-2-4-5;3*1-5-7(3)9-8(4)6-2;/h1-4H;3*7-8H,5-6H2,1-4H3;/q4*-1;+4. The molecule has 1 aromatic rings. The van der Waals surface area contributed by atoms with Crippen molar-refractivity contribution in [2.75, 3.05) is 0 Å². The molecule has 0 heterocycles. The van der Waals surface area contributed by atoms with Gasteiger partial charge >= 0.3 is 123 Å². The van der Waals surface area contributed by atoms with Gasteiger partial charge in [-0.3, -0.25) is 0 Å². The van der Waals surface area contributed by atoms with E-state index in [4.69, 9.17) is 0 Å². The van der Waals surface area contributed by atoms with Crippen molar-refractivity contribution in [2.45, 2.75) is 173 Å². The van der Waals surface area contributed by atoms with Crippen LogP contribution in [0, 0.1) is 0 Å². The van der Waals surface area contributed by atoms with Crippen molar-refractivity contribution in [3.63, 3.8) is 0 Å². The molecule has 0 amide bonds. The van der Waals surface area contributed by atoms with Crippen molar-refractivity contribution in [3.8, 4) is 0 Å². The van der Waals surface area contributed by atoms with E-state index < -0.39 is 32.7 Å². The predicted octanol–water partition coefficient (Wildman–Crippen LogP) is 12.2. The molecular weight excluding hydrogens is 761 g/mol. The molecule has 0 bridgehead atoms. The number of rotatable bonds is 13. The minimum absolute atomic E-state index is 0. The summed E-state index contributed by atoms with van der Waals surface area (Å²) >= 11 is -8.38. The Kier molecular flexibility index (Phi) is 29.8. The molecule has 0 spiro atoms. The molecular formula is C32H58F9GeN3Zr. The Morgan fingerprint density at radius 2 is 0.630 bits per heavy atom. The van der Waals surface area contributed by atoms with Crippen LogP contribution in [-0.2, 0) is 26.2 Å². The molecule has 0 saturated carbocycles. The van der Waals surface area contributed by atoms with Gasteiger partial charge in [-0.25, -0.2) is 0 Å². The molecule has 0 radical (unpaired) electrons. The van der Waals surface area contributed by atoms with Crippen molar-refractivity contribution < 1.29 is 65.7 Å². The van der Waals surface area contributed by atoms with Crippen LogP contribution in [0.2, 0.25) is 0 Å². The molecule has 1 rings (SSSR count). The van der Waals surface area contributed by atoms with E-state index in [0.717, 1.165) is 12.1 Å². The Balaban J connectivity index is -0.000000271. The average molecular weight is 820 g/mol. The van der Waals surface area contributed by atoms with Crippen molar-refractivity contribution in [1.29, 1.82) is 0 Å². The van der Waals surface area contributed by atoms with Crippen LogP contribution in [0.1, 0.15) is 122 Å². The average Bonchev–Trinajstić information content (AvgIpc) is 3.45. The Morgan fingerprint density at radius 1 is 0.457 bits per heavy atom. The predicted molar refractivity (Wildman–Crippen MR) is 174 cm³/mol. The van der Waals surface area contributed by atoms with Gasteiger partial charge < -0.3 is 16.0 Å². The van der Waals surface area contributed by atoms with Crippen LogP contribution in [0.4, 0.5) is 39.5 Å². The molecule has 0 saturated heterocycles. The minimum atomic E-state index is -8.38. The maximum atomic E-state index is 12.6. The Labute approximate surface area is 295 Å². The fraction of sp³-hybridized carbons (Fsp3) is 0.844. The van der Waals surface area contributed by atoms with Gasteiger partial charge in [-0.05, 0) is 0 Å². The molecule has 6 atom stereocenters. The number of hydrogen-bond donors (Lipinski definition) is 0. The molecule has 3 nitrogen and oxygen atoms in total. The number of hydrogen-bond acceptors (Lipinski definition) is 0. The summed E-state index contributed by atoms with van der Waals surface area (Å²) < 4.78 is 111. The van der Waals surface area contributed by atoms with E-state index in [0.29, 0.717) is 36.3 Å². The number of alkyl halides is 9. The van der Waals surface area contributed by atoms with Gasteiger partial charge in [-0.1, -0.05) is 122 Å². The van der Waals surface area contributed by atoms with E-state index in [9.17, 15) is 39.5 Å². The second-order valence-corrected chi connectivity index (χ2v) is 19.3. The summed E-state index contributed by atoms with van der Waals surface area (Å²) in [5.74, 6) is 0. The fourth-order valence-electron chi connectivity index (χ4n) is 3.53. The zero-order chi connectivity index (χ0) is 36.2. The maximum absolute atomic E-state index is 12.6. The zero-order valence-corrected chi connectivity index (χ0v) is 34.3. The molecule has 272 valence electrons. The first-order valence-electron chi connectivity index (χ1n) is 16.0. The number of halogens is 9. The van der Waals surface area contributed by atoms with Gasteiger partial charge in [0.05, 0.1) is 0 Å². The molecule has 14 heteroatoms. The van der Waals surface area contributed by atoms with Crippen LogP contribution >= 0.6 is 0 Å². The molecule has 1 aromatic carbocycles. The van der Waals surface area contributed by atoms with Crippen molar-refractivity contribution in [2.24, 2.45) is 0 Å². The molecule has 46 heavy (non-hydrogen) atoms. The van der Waals surface area contributed by atoms with Gasteiger partial charge in [-0.15, -0.1) is 36.3 Å². The van der Waals surface area contributed by atoms with Crippen LogP contribution < -0.4 is 4.40 Å². The third kappa shape index (κ3) is 19.9. The number of nitrogens with zero attached hydrogens (tertiary/aromatic N) is 3. The van der Waals surface area contributed by atoms with Crippen molar-refractivity contribution >= 4 is 17.7 Å². The van der Waals surface area contributed by atoms with E-state index in [2.05, 4.69) is 99.0 Å². The Morgan fingerprint density at radius 3 is 0.761 bits per heavy atom. The van der Waals surface area contributed by atoms with E-state index in [-0.39, 0.29) is 38.3 Å². The first-order valence-corrected chi connectivity index (χ1v) is 20.2. The molecule has 0 N–H and O–H groups in total. The van der Waals surface area contributed by atoms with E-state index in [1.54, 1.807) is 0 Å². The van der Waals surface area contributed by atoms with Crippen LogP contribution in [0.15, 0.2) is 24.3 Å². The van der Waals surface area contributed by atoms with Crippen LogP contribution in [0.3, 0.4) is 0 Å². The molecule has 0 aromatic heterocycles. The summed E-state index contributed by atoms with van der Waals surface area (Å²) in [6.07, 6.45) is 7.03. The van der Waals surface area contributed by atoms with Gasteiger partial charge in [0, 0.05) is 0 Å². The molecule has 0 aliphatic heterocycles. The SMILES string of the molecule is CCC(C)[N-]C(C)CC.CCC(C)[N-]C(C)CC.CCC(C)[N-]C(C)CC.F[C](F)(F)[Ge]([c-]1cccc1)([C](F)(F)F)[C](F)(F)F.[Zr+4]. The van der Waals surface area contributed by atoms with Gasteiger partial charge in [0.1, 0.15) is 0 Å². The topological polar surface area (TPSA) is 42.3 Å². The van der Waals surface area contributed by atoms with Crippen LogP contribution in [0.25, 0.3) is 16.0 Å². The summed E-state index contributed by atoms with van der Waals surface area (Å²) in [5.41, 5.74) is 0. The molecule has 6 unspecified atom stereocenters. The molecule has 0 fully saturated rings. The first kappa shape index (κ1) is 52.8. The Hall–Kier alpha value is 0.0260. The van der Waals surface area contributed by atoms with Crippen molar-refractivity contribution in [3.05, 3.63) is 40.2 Å². The largest absolute Gasteiger partial charge is 4.00 e. The Bertz CT molecular complexity index is 716. The van der Waals surface area contributed by atoms with Gasteiger partial charge in [0.25, 0.3) is 0 Å². The van der Waals surface area contributed by atoms with Gasteiger partial charge in [-0.2, -0.15) is 0 Å². The van der Waals surface area contributed by atoms with Gasteiger partial charge in [0.15, 0.2) is 0 Å². The van der Waals surface area contributed by atoms with Gasteiger partial charge in [0.2, 0.25) is 0 Å².